The maximum Gasteiger partial charge on any atom is 0.191 e. The van der Waals surface area contributed by atoms with Gasteiger partial charge in [0.1, 0.15) is 5.75 Å². The number of methoxy groups -OCH3 is 1. The minimum atomic E-state index is 0. The lowest BCUT2D eigenvalue weighted by molar-refractivity contribution is 0.372. The number of rotatable bonds is 8. The second-order valence-corrected chi connectivity index (χ2v) is 6.18. The minimum absolute atomic E-state index is 0. The lowest BCUT2D eigenvalue weighted by Gasteiger charge is -2.10. The van der Waals surface area contributed by atoms with E-state index in [1.807, 2.05) is 18.2 Å². The van der Waals surface area contributed by atoms with E-state index in [1.165, 1.54) is 5.56 Å². The molecule has 6 nitrogen and oxygen atoms in total. The van der Waals surface area contributed by atoms with Crippen LogP contribution in [-0.2, 0) is 13.0 Å². The van der Waals surface area contributed by atoms with Crippen LogP contribution in [0.4, 0.5) is 0 Å². The van der Waals surface area contributed by atoms with Crippen molar-refractivity contribution in [1.29, 1.82) is 0 Å². The number of benzene rings is 1. The number of ether oxygens (including phenoxy) is 1. The van der Waals surface area contributed by atoms with Crippen LogP contribution in [0, 0.1) is 0 Å². The van der Waals surface area contributed by atoms with Gasteiger partial charge in [-0.25, -0.2) is 0 Å². The molecule has 1 heterocycles. The molecule has 0 aliphatic rings. The molecule has 0 fully saturated rings. The maximum absolute atomic E-state index is 5.32. The zero-order valence-corrected chi connectivity index (χ0v) is 18.2. The molecule has 0 aliphatic heterocycles. The van der Waals surface area contributed by atoms with Crippen molar-refractivity contribution >= 4 is 29.9 Å². The highest BCUT2D eigenvalue weighted by Crippen LogP contribution is 2.14. The first-order valence-corrected chi connectivity index (χ1v) is 8.65. The molecule has 26 heavy (non-hydrogen) atoms. The summed E-state index contributed by atoms with van der Waals surface area (Å²) in [6.07, 6.45) is 2.03. The predicted octanol–water partition coefficient (Wildman–Crippen LogP) is 3.72. The van der Waals surface area contributed by atoms with E-state index in [0.717, 1.165) is 42.5 Å². The van der Waals surface area contributed by atoms with Crippen LogP contribution in [0.2, 0.25) is 0 Å². The van der Waals surface area contributed by atoms with E-state index in [0.29, 0.717) is 12.5 Å². The fourth-order valence-electron chi connectivity index (χ4n) is 2.37. The first-order chi connectivity index (χ1) is 12.1. The number of halogens is 1. The van der Waals surface area contributed by atoms with E-state index in [9.17, 15) is 0 Å². The Hall–Kier alpha value is -1.77. The van der Waals surface area contributed by atoms with Crippen molar-refractivity contribution in [3.8, 4) is 5.75 Å². The van der Waals surface area contributed by atoms with Crippen LogP contribution in [-0.4, -0.2) is 31.8 Å². The van der Waals surface area contributed by atoms with Crippen LogP contribution in [0.15, 0.2) is 39.8 Å². The SMILES string of the molecule is CN=C(NCCCc1ccc(OC)cc1)NCc1cc(C(C)C)no1.I. The van der Waals surface area contributed by atoms with Crippen LogP contribution in [0.3, 0.4) is 0 Å². The summed E-state index contributed by atoms with van der Waals surface area (Å²) in [5, 5.41) is 10.6. The van der Waals surface area contributed by atoms with E-state index in [2.05, 4.69) is 46.8 Å². The highest BCUT2D eigenvalue weighted by Gasteiger charge is 2.08. The Morgan fingerprint density at radius 2 is 1.96 bits per heavy atom. The van der Waals surface area contributed by atoms with Gasteiger partial charge in [0, 0.05) is 19.7 Å². The molecule has 0 unspecified atom stereocenters. The number of nitrogens with zero attached hydrogens (tertiary/aromatic N) is 2. The van der Waals surface area contributed by atoms with E-state index in [1.54, 1.807) is 14.2 Å². The van der Waals surface area contributed by atoms with E-state index < -0.39 is 0 Å². The Bertz CT molecular complexity index is 668. The first-order valence-electron chi connectivity index (χ1n) is 8.65. The van der Waals surface area contributed by atoms with Gasteiger partial charge in [-0.2, -0.15) is 0 Å². The summed E-state index contributed by atoms with van der Waals surface area (Å²) >= 11 is 0. The van der Waals surface area contributed by atoms with Crippen molar-refractivity contribution in [1.82, 2.24) is 15.8 Å². The molecule has 7 heteroatoms. The number of aryl methyl sites for hydroxylation is 1. The Morgan fingerprint density at radius 3 is 2.54 bits per heavy atom. The number of aromatic nitrogens is 1. The summed E-state index contributed by atoms with van der Waals surface area (Å²) in [5.41, 5.74) is 2.27. The van der Waals surface area contributed by atoms with Crippen molar-refractivity contribution in [3.63, 3.8) is 0 Å². The standard InChI is InChI=1S/C19H28N4O2.HI/c1-14(2)18-12-17(25-23-18)13-22-19(20-3)21-11-5-6-15-7-9-16(24-4)10-8-15;/h7-10,12,14H,5-6,11,13H2,1-4H3,(H2,20,21,22);1H. The molecule has 0 radical (unpaired) electrons. The van der Waals surface area contributed by atoms with Crippen LogP contribution in [0.1, 0.15) is 43.2 Å². The monoisotopic (exact) mass is 472 g/mol. The molecule has 144 valence electrons. The Balaban J connectivity index is 0.00000338. The highest BCUT2D eigenvalue weighted by atomic mass is 127. The summed E-state index contributed by atoms with van der Waals surface area (Å²) in [7, 11) is 3.44. The van der Waals surface area contributed by atoms with Gasteiger partial charge in [-0.05, 0) is 36.5 Å². The van der Waals surface area contributed by atoms with Gasteiger partial charge in [0.05, 0.1) is 19.3 Å². The number of guanidine groups is 1. The lowest BCUT2D eigenvalue weighted by atomic mass is 10.1. The van der Waals surface area contributed by atoms with Crippen molar-refractivity contribution in [3.05, 3.63) is 47.3 Å². The lowest BCUT2D eigenvalue weighted by Crippen LogP contribution is -2.37. The Morgan fingerprint density at radius 1 is 1.23 bits per heavy atom. The van der Waals surface area contributed by atoms with E-state index >= 15 is 0 Å². The molecule has 1 aromatic heterocycles. The molecule has 0 saturated heterocycles. The van der Waals surface area contributed by atoms with Crippen LogP contribution in [0.5, 0.6) is 5.75 Å². The summed E-state index contributed by atoms with van der Waals surface area (Å²) in [6, 6.07) is 10.2. The summed E-state index contributed by atoms with van der Waals surface area (Å²) in [5.74, 6) is 2.83. The number of nitrogens with one attached hydrogen (secondary N) is 2. The van der Waals surface area contributed by atoms with Gasteiger partial charge in [0.25, 0.3) is 0 Å². The predicted molar refractivity (Wildman–Crippen MR) is 116 cm³/mol. The van der Waals surface area contributed by atoms with E-state index in [-0.39, 0.29) is 24.0 Å². The molecule has 1 aromatic carbocycles. The highest BCUT2D eigenvalue weighted by molar-refractivity contribution is 14.0. The molecular weight excluding hydrogens is 443 g/mol. The van der Waals surface area contributed by atoms with Gasteiger partial charge < -0.3 is 19.9 Å². The maximum atomic E-state index is 5.32. The molecule has 0 spiro atoms. The fraction of sp³-hybridized carbons (Fsp3) is 0.474. The molecule has 0 bridgehead atoms. The van der Waals surface area contributed by atoms with Crippen molar-refractivity contribution in [2.24, 2.45) is 4.99 Å². The molecular formula is C19H29IN4O2. The second kappa shape index (κ2) is 11.8. The Labute approximate surface area is 172 Å². The molecule has 2 N–H and O–H groups in total. The number of hydrogen-bond acceptors (Lipinski definition) is 4. The van der Waals surface area contributed by atoms with Gasteiger partial charge in [-0.3, -0.25) is 4.99 Å². The second-order valence-electron chi connectivity index (χ2n) is 6.18. The summed E-state index contributed by atoms with van der Waals surface area (Å²) in [6.45, 7) is 5.61. The van der Waals surface area contributed by atoms with E-state index in [4.69, 9.17) is 9.26 Å². The largest absolute Gasteiger partial charge is 0.497 e. The Kier molecular flexibility index (Phi) is 10.1. The van der Waals surface area contributed by atoms with Crippen LogP contribution in [0.25, 0.3) is 0 Å². The molecule has 0 saturated carbocycles. The summed E-state index contributed by atoms with van der Waals surface area (Å²) in [4.78, 5) is 4.23. The number of aliphatic imine (C=N–C) groups is 1. The third-order valence-corrected chi connectivity index (χ3v) is 3.92. The van der Waals surface area contributed by atoms with Gasteiger partial charge >= 0.3 is 0 Å². The average Bonchev–Trinajstić information content (AvgIpc) is 3.11. The first kappa shape index (κ1) is 22.3. The fourth-order valence-corrected chi connectivity index (χ4v) is 2.37. The third-order valence-electron chi connectivity index (χ3n) is 3.92. The van der Waals surface area contributed by atoms with Crippen LogP contribution >= 0.6 is 24.0 Å². The zero-order chi connectivity index (χ0) is 18.1. The molecule has 0 aliphatic carbocycles. The molecule has 2 rings (SSSR count). The van der Waals surface area contributed by atoms with Crippen molar-refractivity contribution in [2.45, 2.75) is 39.2 Å². The van der Waals surface area contributed by atoms with Gasteiger partial charge in [-0.1, -0.05) is 31.1 Å². The minimum Gasteiger partial charge on any atom is -0.497 e. The topological polar surface area (TPSA) is 71.7 Å². The smallest absolute Gasteiger partial charge is 0.191 e. The zero-order valence-electron chi connectivity index (χ0n) is 15.9. The number of hydrogen-bond donors (Lipinski definition) is 2. The molecule has 2 aromatic rings. The van der Waals surface area contributed by atoms with Gasteiger partial charge in [0.15, 0.2) is 11.7 Å². The molecule has 0 amide bonds. The van der Waals surface area contributed by atoms with Crippen LogP contribution < -0.4 is 15.4 Å². The normalized spacial score (nSPS) is 11.2. The average molecular weight is 472 g/mol. The van der Waals surface area contributed by atoms with Gasteiger partial charge in [-0.15, -0.1) is 24.0 Å². The molecule has 0 atom stereocenters. The van der Waals surface area contributed by atoms with Crippen molar-refractivity contribution in [2.75, 3.05) is 20.7 Å². The summed E-state index contributed by atoms with van der Waals surface area (Å²) < 4.78 is 10.5. The quantitative estimate of drug-likeness (QED) is 0.265. The third kappa shape index (κ3) is 7.23. The van der Waals surface area contributed by atoms with Crippen molar-refractivity contribution < 1.29 is 9.26 Å². The van der Waals surface area contributed by atoms with Gasteiger partial charge in [0.2, 0.25) is 0 Å².